The molecule has 108 valence electrons. The van der Waals surface area contributed by atoms with Gasteiger partial charge in [0.2, 0.25) is 0 Å². The van der Waals surface area contributed by atoms with Crippen molar-refractivity contribution in [2.75, 3.05) is 13.7 Å². The first-order valence-electron chi connectivity index (χ1n) is 7.02. The van der Waals surface area contributed by atoms with Crippen molar-refractivity contribution in [1.82, 2.24) is 10.5 Å². The lowest BCUT2D eigenvalue weighted by atomic mass is 10.1. The minimum atomic E-state index is 0.661. The molecule has 0 saturated carbocycles. The number of hydrogen-bond acceptors (Lipinski definition) is 4. The predicted molar refractivity (Wildman–Crippen MR) is 79.7 cm³/mol. The van der Waals surface area contributed by atoms with Crippen molar-refractivity contribution < 1.29 is 9.26 Å². The van der Waals surface area contributed by atoms with E-state index in [1.165, 1.54) is 0 Å². The Bertz CT molecular complexity index is 518. The molecule has 0 aliphatic heterocycles. The molecule has 0 fully saturated rings. The quantitative estimate of drug-likeness (QED) is 0.839. The highest BCUT2D eigenvalue weighted by Gasteiger charge is 2.06. The van der Waals surface area contributed by atoms with Crippen LogP contribution in [0.25, 0.3) is 11.3 Å². The van der Waals surface area contributed by atoms with Crippen molar-refractivity contribution in [2.24, 2.45) is 5.92 Å². The van der Waals surface area contributed by atoms with E-state index in [-0.39, 0.29) is 0 Å². The molecular formula is C16H22N2O2. The second-order valence-electron chi connectivity index (χ2n) is 5.27. The zero-order valence-corrected chi connectivity index (χ0v) is 12.3. The summed E-state index contributed by atoms with van der Waals surface area (Å²) in [6.45, 7) is 5.85. The molecule has 0 saturated heterocycles. The molecule has 1 aromatic carbocycles. The van der Waals surface area contributed by atoms with E-state index in [1.807, 2.05) is 37.4 Å². The lowest BCUT2D eigenvalue weighted by Gasteiger charge is -2.08. The van der Waals surface area contributed by atoms with Gasteiger partial charge in [-0.15, -0.1) is 0 Å². The molecule has 2 aromatic rings. The second-order valence-corrected chi connectivity index (χ2v) is 5.27. The van der Waals surface area contributed by atoms with Gasteiger partial charge in [0.1, 0.15) is 5.75 Å². The van der Waals surface area contributed by atoms with Crippen LogP contribution in [0.4, 0.5) is 0 Å². The molecule has 0 aliphatic rings. The fourth-order valence-corrected chi connectivity index (χ4v) is 1.84. The van der Waals surface area contributed by atoms with Crippen LogP contribution in [0, 0.1) is 5.92 Å². The summed E-state index contributed by atoms with van der Waals surface area (Å²) in [5.74, 6) is 2.34. The van der Waals surface area contributed by atoms with Gasteiger partial charge in [0.15, 0.2) is 5.76 Å². The fourth-order valence-electron chi connectivity index (χ4n) is 1.84. The first-order chi connectivity index (χ1) is 9.69. The molecule has 0 atom stereocenters. The molecule has 0 spiro atoms. The minimum Gasteiger partial charge on any atom is -0.494 e. The monoisotopic (exact) mass is 274 g/mol. The molecule has 1 aromatic heterocycles. The summed E-state index contributed by atoms with van der Waals surface area (Å²) in [7, 11) is 1.89. The number of benzene rings is 1. The van der Waals surface area contributed by atoms with E-state index in [2.05, 4.69) is 24.3 Å². The van der Waals surface area contributed by atoms with Crippen molar-refractivity contribution in [3.05, 3.63) is 36.0 Å². The van der Waals surface area contributed by atoms with Gasteiger partial charge >= 0.3 is 0 Å². The summed E-state index contributed by atoms with van der Waals surface area (Å²) in [5.41, 5.74) is 1.91. The molecule has 0 radical (unpaired) electrons. The molecule has 0 unspecified atom stereocenters. The van der Waals surface area contributed by atoms with Crippen LogP contribution >= 0.6 is 0 Å². The summed E-state index contributed by atoms with van der Waals surface area (Å²) in [5, 5.41) is 7.05. The predicted octanol–water partition coefficient (Wildman–Crippen LogP) is 3.49. The standard InChI is InChI=1S/C16H22N2O2/c1-12(2)8-9-19-15-6-4-13(5-7-15)16-10-14(11-17-3)18-20-16/h4-7,10,12,17H,8-9,11H2,1-3H3. The normalized spacial score (nSPS) is 11.0. The van der Waals surface area contributed by atoms with Gasteiger partial charge in [0, 0.05) is 18.2 Å². The Morgan fingerprint density at radius 3 is 2.65 bits per heavy atom. The first kappa shape index (κ1) is 14.6. The highest BCUT2D eigenvalue weighted by Crippen LogP contribution is 2.23. The Labute approximate surface area is 120 Å². The average Bonchev–Trinajstić information content (AvgIpc) is 2.88. The van der Waals surface area contributed by atoms with Crippen LogP contribution in [0.5, 0.6) is 5.75 Å². The molecule has 0 amide bonds. The molecule has 4 heteroatoms. The number of nitrogens with one attached hydrogen (secondary N) is 1. The summed E-state index contributed by atoms with van der Waals surface area (Å²) >= 11 is 0. The fraction of sp³-hybridized carbons (Fsp3) is 0.438. The Morgan fingerprint density at radius 1 is 1.25 bits per heavy atom. The highest BCUT2D eigenvalue weighted by molar-refractivity contribution is 5.58. The van der Waals surface area contributed by atoms with Gasteiger partial charge in [0.05, 0.1) is 12.3 Å². The van der Waals surface area contributed by atoms with Crippen molar-refractivity contribution >= 4 is 0 Å². The smallest absolute Gasteiger partial charge is 0.167 e. The Balaban J connectivity index is 1.96. The molecule has 0 aliphatic carbocycles. The van der Waals surface area contributed by atoms with E-state index in [4.69, 9.17) is 9.26 Å². The first-order valence-corrected chi connectivity index (χ1v) is 7.02. The maximum atomic E-state index is 5.70. The summed E-state index contributed by atoms with van der Waals surface area (Å²) < 4.78 is 11.0. The molecule has 4 nitrogen and oxygen atoms in total. The maximum Gasteiger partial charge on any atom is 0.167 e. The highest BCUT2D eigenvalue weighted by atomic mass is 16.5. The summed E-state index contributed by atoms with van der Waals surface area (Å²) in [6.07, 6.45) is 1.07. The van der Waals surface area contributed by atoms with E-state index >= 15 is 0 Å². The summed E-state index contributed by atoms with van der Waals surface area (Å²) in [6, 6.07) is 9.87. The van der Waals surface area contributed by atoms with Gasteiger partial charge in [-0.2, -0.15) is 0 Å². The van der Waals surface area contributed by atoms with Crippen LogP contribution in [0.3, 0.4) is 0 Å². The van der Waals surface area contributed by atoms with Crippen molar-refractivity contribution in [2.45, 2.75) is 26.8 Å². The Kier molecular flexibility index (Phi) is 5.18. The van der Waals surface area contributed by atoms with Gasteiger partial charge in [-0.25, -0.2) is 0 Å². The van der Waals surface area contributed by atoms with E-state index in [9.17, 15) is 0 Å². The number of ether oxygens (including phenoxy) is 1. The molecular weight excluding hydrogens is 252 g/mol. The van der Waals surface area contributed by atoms with Crippen LogP contribution in [0.1, 0.15) is 26.0 Å². The number of rotatable bonds is 7. The Morgan fingerprint density at radius 2 is 2.00 bits per heavy atom. The lowest BCUT2D eigenvalue weighted by Crippen LogP contribution is -2.04. The number of hydrogen-bond donors (Lipinski definition) is 1. The molecule has 20 heavy (non-hydrogen) atoms. The molecule has 1 N–H and O–H groups in total. The van der Waals surface area contributed by atoms with Crippen molar-refractivity contribution in [3.63, 3.8) is 0 Å². The van der Waals surface area contributed by atoms with E-state index in [0.717, 1.165) is 35.8 Å². The molecule has 2 rings (SSSR count). The van der Waals surface area contributed by atoms with Crippen LogP contribution in [-0.4, -0.2) is 18.8 Å². The van der Waals surface area contributed by atoms with Crippen LogP contribution in [-0.2, 0) is 6.54 Å². The van der Waals surface area contributed by atoms with Crippen molar-refractivity contribution in [3.8, 4) is 17.1 Å². The van der Waals surface area contributed by atoms with Crippen LogP contribution < -0.4 is 10.1 Å². The third-order valence-electron chi connectivity index (χ3n) is 3.02. The average molecular weight is 274 g/mol. The van der Waals surface area contributed by atoms with Gasteiger partial charge < -0.3 is 14.6 Å². The zero-order valence-electron chi connectivity index (χ0n) is 12.3. The summed E-state index contributed by atoms with van der Waals surface area (Å²) in [4.78, 5) is 0. The van der Waals surface area contributed by atoms with Crippen molar-refractivity contribution in [1.29, 1.82) is 0 Å². The number of aromatic nitrogens is 1. The topological polar surface area (TPSA) is 47.3 Å². The lowest BCUT2D eigenvalue weighted by molar-refractivity contribution is 0.289. The van der Waals surface area contributed by atoms with Crippen LogP contribution in [0.15, 0.2) is 34.9 Å². The maximum absolute atomic E-state index is 5.70. The Hall–Kier alpha value is -1.81. The zero-order chi connectivity index (χ0) is 14.4. The second kappa shape index (κ2) is 7.10. The van der Waals surface area contributed by atoms with Gasteiger partial charge in [0.25, 0.3) is 0 Å². The van der Waals surface area contributed by atoms with Gasteiger partial charge in [-0.05, 0) is 43.7 Å². The number of nitrogens with zero attached hydrogens (tertiary/aromatic N) is 1. The van der Waals surface area contributed by atoms with E-state index in [1.54, 1.807) is 0 Å². The van der Waals surface area contributed by atoms with E-state index in [0.29, 0.717) is 12.5 Å². The largest absolute Gasteiger partial charge is 0.494 e. The SMILES string of the molecule is CNCc1cc(-c2ccc(OCCC(C)C)cc2)on1. The van der Waals surface area contributed by atoms with Gasteiger partial charge in [-0.1, -0.05) is 19.0 Å². The molecule has 0 bridgehead atoms. The third-order valence-corrected chi connectivity index (χ3v) is 3.02. The van der Waals surface area contributed by atoms with E-state index < -0.39 is 0 Å². The van der Waals surface area contributed by atoms with Crippen LogP contribution in [0.2, 0.25) is 0 Å². The van der Waals surface area contributed by atoms with Gasteiger partial charge in [-0.3, -0.25) is 0 Å². The minimum absolute atomic E-state index is 0.661. The molecule has 1 heterocycles. The third kappa shape index (κ3) is 4.10.